The van der Waals surface area contributed by atoms with Crippen molar-refractivity contribution in [3.63, 3.8) is 0 Å². The molecule has 2 aliphatic carbocycles. The van der Waals surface area contributed by atoms with Gasteiger partial charge in [-0.25, -0.2) is 0 Å². The predicted molar refractivity (Wildman–Crippen MR) is 99.8 cm³/mol. The van der Waals surface area contributed by atoms with E-state index in [-0.39, 0.29) is 5.71 Å². The molecule has 0 N–H and O–H groups in total. The Hall–Kier alpha value is -1.69. The first-order chi connectivity index (χ1) is 12.8. The highest BCUT2D eigenvalue weighted by atomic mass is 19.4. The van der Waals surface area contributed by atoms with Gasteiger partial charge in [-0.15, -0.1) is 0 Å². The lowest BCUT2D eigenvalue weighted by Crippen LogP contribution is -2.49. The van der Waals surface area contributed by atoms with E-state index in [1.165, 1.54) is 31.4 Å². The molecule has 27 heavy (non-hydrogen) atoms. The first kappa shape index (κ1) is 20.1. The molecule has 3 nitrogen and oxygen atoms in total. The molecule has 0 radical (unpaired) electrons. The molecule has 0 spiro atoms. The van der Waals surface area contributed by atoms with E-state index < -0.39 is 17.4 Å². The zero-order valence-corrected chi connectivity index (χ0v) is 15.8. The van der Waals surface area contributed by atoms with Crippen LogP contribution in [0.4, 0.5) is 13.2 Å². The van der Waals surface area contributed by atoms with Crippen molar-refractivity contribution in [2.45, 2.75) is 63.2 Å². The molecule has 3 rings (SSSR count). The molecule has 2 saturated carbocycles. The number of rotatable bonds is 6. The lowest BCUT2D eigenvalue weighted by Gasteiger charge is -2.44. The Morgan fingerprint density at radius 3 is 2.26 bits per heavy atom. The van der Waals surface area contributed by atoms with Crippen LogP contribution in [0.2, 0.25) is 0 Å². The summed E-state index contributed by atoms with van der Waals surface area (Å²) >= 11 is 0. The molecule has 0 unspecified atom stereocenters. The molecule has 0 aliphatic heterocycles. The second-order valence-corrected chi connectivity index (χ2v) is 7.91. The van der Waals surface area contributed by atoms with Crippen molar-refractivity contribution in [1.29, 1.82) is 0 Å². The Morgan fingerprint density at radius 2 is 1.78 bits per heavy atom. The van der Waals surface area contributed by atoms with Crippen molar-refractivity contribution < 1.29 is 18.0 Å². The van der Waals surface area contributed by atoms with Crippen LogP contribution in [0.3, 0.4) is 0 Å². The van der Waals surface area contributed by atoms with Crippen LogP contribution in [0.15, 0.2) is 29.3 Å². The Labute approximate surface area is 158 Å². The van der Waals surface area contributed by atoms with Gasteiger partial charge in [0.15, 0.2) is 6.29 Å². The lowest BCUT2D eigenvalue weighted by molar-refractivity contribution is -0.137. The van der Waals surface area contributed by atoms with Crippen molar-refractivity contribution in [3.05, 3.63) is 35.4 Å². The third-order valence-electron chi connectivity index (χ3n) is 6.07. The summed E-state index contributed by atoms with van der Waals surface area (Å²) in [6, 6.07) is 4.72. The van der Waals surface area contributed by atoms with Gasteiger partial charge in [-0.1, -0.05) is 25.0 Å². The SMILES string of the molecule is CN(CC1CCC1)C1(/N=C(\C=O)c2ccc(C(F)(F)F)cc2)CCCCC1. The van der Waals surface area contributed by atoms with Crippen LogP contribution in [0.25, 0.3) is 0 Å². The Morgan fingerprint density at radius 1 is 1.15 bits per heavy atom. The van der Waals surface area contributed by atoms with Crippen molar-refractivity contribution in [2.75, 3.05) is 13.6 Å². The summed E-state index contributed by atoms with van der Waals surface area (Å²) in [4.78, 5) is 18.9. The van der Waals surface area contributed by atoms with Crippen molar-refractivity contribution in [2.24, 2.45) is 10.9 Å². The minimum absolute atomic E-state index is 0.242. The molecule has 0 aromatic heterocycles. The maximum atomic E-state index is 12.8. The fourth-order valence-corrected chi connectivity index (χ4v) is 4.14. The summed E-state index contributed by atoms with van der Waals surface area (Å²) in [6.45, 7) is 0.961. The molecule has 1 aromatic rings. The summed E-state index contributed by atoms with van der Waals surface area (Å²) in [7, 11) is 2.07. The van der Waals surface area contributed by atoms with Gasteiger partial charge in [0.05, 0.1) is 5.56 Å². The first-order valence-corrected chi connectivity index (χ1v) is 9.78. The number of hydrogen-bond donors (Lipinski definition) is 0. The minimum atomic E-state index is -4.38. The molecule has 6 heteroatoms. The molecule has 1 aromatic carbocycles. The quantitative estimate of drug-likeness (QED) is 0.509. The maximum absolute atomic E-state index is 12.8. The van der Waals surface area contributed by atoms with Crippen LogP contribution in [-0.2, 0) is 11.0 Å². The van der Waals surface area contributed by atoms with Gasteiger partial charge in [0, 0.05) is 12.1 Å². The van der Waals surface area contributed by atoms with Crippen LogP contribution >= 0.6 is 0 Å². The van der Waals surface area contributed by atoms with Gasteiger partial charge in [0.25, 0.3) is 0 Å². The third kappa shape index (κ3) is 4.60. The van der Waals surface area contributed by atoms with E-state index in [0.29, 0.717) is 17.8 Å². The highest BCUT2D eigenvalue weighted by Crippen LogP contribution is 2.37. The average Bonchev–Trinajstić information content (AvgIpc) is 2.62. The van der Waals surface area contributed by atoms with E-state index in [1.54, 1.807) is 0 Å². The van der Waals surface area contributed by atoms with E-state index in [1.807, 2.05) is 0 Å². The summed E-state index contributed by atoms with van der Waals surface area (Å²) in [5.41, 5.74) is -0.454. The van der Waals surface area contributed by atoms with Gasteiger partial charge < -0.3 is 0 Å². The van der Waals surface area contributed by atoms with Gasteiger partial charge in [-0.2, -0.15) is 13.2 Å². The third-order valence-corrected chi connectivity index (χ3v) is 6.07. The van der Waals surface area contributed by atoms with Crippen LogP contribution in [0, 0.1) is 5.92 Å². The smallest absolute Gasteiger partial charge is 0.296 e. The number of carbonyl (C=O) groups is 1. The molecule has 0 atom stereocenters. The summed E-state index contributed by atoms with van der Waals surface area (Å²) in [5, 5.41) is 0. The number of carbonyl (C=O) groups excluding carboxylic acids is 1. The number of nitrogens with zero attached hydrogens (tertiary/aromatic N) is 2. The number of hydrogen-bond acceptors (Lipinski definition) is 3. The Bertz CT molecular complexity index is 672. The molecule has 0 amide bonds. The minimum Gasteiger partial charge on any atom is -0.296 e. The topological polar surface area (TPSA) is 32.7 Å². The predicted octanol–water partition coefficient (Wildman–Crippen LogP) is 5.09. The number of alkyl halides is 3. The van der Waals surface area contributed by atoms with Crippen LogP contribution in [-0.4, -0.2) is 36.2 Å². The molecular formula is C21H27F3N2O. The van der Waals surface area contributed by atoms with Gasteiger partial charge in [-0.05, 0) is 63.6 Å². The number of aliphatic imine (C=N–C) groups is 1. The van der Waals surface area contributed by atoms with Gasteiger partial charge >= 0.3 is 6.18 Å². The highest BCUT2D eigenvalue weighted by Gasteiger charge is 2.38. The number of aldehydes is 1. The van der Waals surface area contributed by atoms with Crippen molar-refractivity contribution in [3.8, 4) is 0 Å². The summed E-state index contributed by atoms with van der Waals surface area (Å²) in [5.74, 6) is 0.690. The molecule has 0 heterocycles. The van der Waals surface area contributed by atoms with Gasteiger partial charge in [0.2, 0.25) is 0 Å². The zero-order chi connectivity index (χ0) is 19.5. The van der Waals surface area contributed by atoms with Crippen molar-refractivity contribution in [1.82, 2.24) is 4.90 Å². The molecule has 0 bridgehead atoms. The van der Waals surface area contributed by atoms with Crippen molar-refractivity contribution >= 4 is 12.0 Å². The normalized spacial score (nSPS) is 21.1. The monoisotopic (exact) mass is 380 g/mol. The fourth-order valence-electron chi connectivity index (χ4n) is 4.14. The van der Waals surface area contributed by atoms with E-state index in [9.17, 15) is 18.0 Å². The summed E-state index contributed by atoms with van der Waals surface area (Å²) < 4.78 is 38.4. The molecule has 2 aliphatic rings. The largest absolute Gasteiger partial charge is 0.416 e. The van der Waals surface area contributed by atoms with Crippen LogP contribution in [0.5, 0.6) is 0 Å². The molecular weight excluding hydrogens is 353 g/mol. The van der Waals surface area contributed by atoms with E-state index in [0.717, 1.165) is 50.8 Å². The van der Waals surface area contributed by atoms with E-state index in [2.05, 4.69) is 11.9 Å². The summed E-state index contributed by atoms with van der Waals surface area (Å²) in [6.07, 6.45) is 5.08. The van der Waals surface area contributed by atoms with Crippen LogP contribution in [0.1, 0.15) is 62.5 Å². The van der Waals surface area contributed by atoms with Gasteiger partial charge in [-0.3, -0.25) is 14.7 Å². The highest BCUT2D eigenvalue weighted by molar-refractivity contribution is 6.36. The molecule has 2 fully saturated rings. The average molecular weight is 380 g/mol. The first-order valence-electron chi connectivity index (χ1n) is 9.78. The Balaban J connectivity index is 1.88. The maximum Gasteiger partial charge on any atom is 0.416 e. The standard InChI is InChI=1S/C21H27F3N2O/c1-26(14-16-6-5-7-16)20(12-3-2-4-13-20)25-19(15-27)17-8-10-18(11-9-17)21(22,23)24/h8-11,15-16H,2-7,12-14H2,1H3/b25-19+. The zero-order valence-electron chi connectivity index (χ0n) is 15.8. The van der Waals surface area contributed by atoms with Gasteiger partial charge in [0.1, 0.15) is 11.4 Å². The van der Waals surface area contributed by atoms with Crippen LogP contribution < -0.4 is 0 Å². The molecule has 148 valence electrons. The Kier molecular flexibility index (Phi) is 6.04. The fraction of sp³-hybridized carbons (Fsp3) is 0.619. The molecule has 0 saturated heterocycles. The second kappa shape index (κ2) is 8.13. The number of benzene rings is 1. The second-order valence-electron chi connectivity index (χ2n) is 7.91. The van der Waals surface area contributed by atoms with E-state index in [4.69, 9.17) is 4.99 Å². The number of halogens is 3. The lowest BCUT2D eigenvalue weighted by atomic mass is 9.82. The van der Waals surface area contributed by atoms with E-state index >= 15 is 0 Å².